The number of benzene rings is 2. The van der Waals surface area contributed by atoms with Gasteiger partial charge in [0.15, 0.2) is 0 Å². The van der Waals surface area contributed by atoms with Crippen LogP contribution in [0.1, 0.15) is 42.0 Å². The highest BCUT2D eigenvalue weighted by atomic mass is 19.4. The van der Waals surface area contributed by atoms with Crippen molar-refractivity contribution < 1.29 is 41.5 Å². The molecular formula is C26H24F4N4O5. The highest BCUT2D eigenvalue weighted by Crippen LogP contribution is 2.47. The van der Waals surface area contributed by atoms with Crippen molar-refractivity contribution in [3.05, 3.63) is 65.0 Å². The smallest absolute Gasteiger partial charge is 0.418 e. The number of nitrogens with one attached hydrogen (secondary N) is 2. The van der Waals surface area contributed by atoms with Crippen LogP contribution in [0.3, 0.4) is 0 Å². The third-order valence-electron chi connectivity index (χ3n) is 7.44. The van der Waals surface area contributed by atoms with Crippen LogP contribution in [-0.2, 0) is 26.3 Å². The van der Waals surface area contributed by atoms with E-state index in [2.05, 4.69) is 10.6 Å². The van der Waals surface area contributed by atoms with Crippen LogP contribution in [0.25, 0.3) is 0 Å². The van der Waals surface area contributed by atoms with Crippen LogP contribution < -0.4 is 10.6 Å². The summed E-state index contributed by atoms with van der Waals surface area (Å²) >= 11 is 0. The summed E-state index contributed by atoms with van der Waals surface area (Å²) in [6.45, 7) is -0.935. The maximum atomic E-state index is 13.9. The van der Waals surface area contributed by atoms with Crippen molar-refractivity contribution in [2.24, 2.45) is 0 Å². The van der Waals surface area contributed by atoms with Crippen LogP contribution in [0, 0.1) is 5.82 Å². The van der Waals surface area contributed by atoms with Gasteiger partial charge in [0.2, 0.25) is 11.5 Å². The van der Waals surface area contributed by atoms with Gasteiger partial charge < -0.3 is 20.3 Å². The van der Waals surface area contributed by atoms with Crippen LogP contribution in [0.5, 0.6) is 0 Å². The van der Waals surface area contributed by atoms with E-state index in [-0.39, 0.29) is 19.3 Å². The topological polar surface area (TPSA) is 108 Å². The molecule has 39 heavy (non-hydrogen) atoms. The molecule has 3 atom stereocenters. The summed E-state index contributed by atoms with van der Waals surface area (Å²) in [4.78, 5) is 52.4. The average molecular weight is 548 g/mol. The SMILES string of the molecule is CNC(=O)Nc1ccc2c(c1)CC[C@@]21OC(=O)N(CC(=O)N2[C@@H](c3ccc(F)cc3)CC[C@H]2C(F)(F)F)C1=O. The van der Waals surface area contributed by atoms with E-state index in [0.29, 0.717) is 38.6 Å². The molecule has 0 bridgehead atoms. The number of carbonyl (C=O) groups excluding carboxylic acids is 4. The quantitative estimate of drug-likeness (QED) is 0.562. The maximum Gasteiger partial charge on any atom is 0.418 e. The molecule has 2 aliphatic heterocycles. The van der Waals surface area contributed by atoms with Gasteiger partial charge in [-0.3, -0.25) is 9.59 Å². The Balaban J connectivity index is 1.39. The number of rotatable bonds is 4. The third kappa shape index (κ3) is 4.55. The molecule has 1 aliphatic carbocycles. The number of hydrogen-bond acceptors (Lipinski definition) is 5. The van der Waals surface area contributed by atoms with Gasteiger partial charge in [0, 0.05) is 24.7 Å². The summed E-state index contributed by atoms with van der Waals surface area (Å²) in [6.07, 6.45) is -5.87. The molecule has 0 unspecified atom stereocenters. The zero-order chi connectivity index (χ0) is 28.1. The van der Waals surface area contributed by atoms with Crippen molar-refractivity contribution in [1.82, 2.24) is 15.1 Å². The molecule has 2 N–H and O–H groups in total. The molecule has 2 heterocycles. The summed E-state index contributed by atoms with van der Waals surface area (Å²) < 4.78 is 60.5. The molecule has 206 valence electrons. The number of hydrogen-bond donors (Lipinski definition) is 2. The molecule has 2 aromatic carbocycles. The number of aryl methyl sites for hydroxylation is 1. The minimum absolute atomic E-state index is 0.0241. The van der Waals surface area contributed by atoms with Crippen molar-refractivity contribution in [3.63, 3.8) is 0 Å². The van der Waals surface area contributed by atoms with E-state index in [0.717, 1.165) is 12.1 Å². The number of nitrogens with zero attached hydrogens (tertiary/aromatic N) is 2. The van der Waals surface area contributed by atoms with Gasteiger partial charge in [-0.15, -0.1) is 0 Å². The summed E-state index contributed by atoms with van der Waals surface area (Å²) in [6, 6.07) is 5.93. The first kappa shape index (κ1) is 26.4. The Morgan fingerprint density at radius 3 is 2.49 bits per heavy atom. The van der Waals surface area contributed by atoms with Gasteiger partial charge in [-0.05, 0) is 54.7 Å². The fourth-order valence-corrected chi connectivity index (χ4v) is 5.63. The first-order chi connectivity index (χ1) is 18.4. The zero-order valence-corrected chi connectivity index (χ0v) is 20.7. The lowest BCUT2D eigenvalue weighted by Crippen LogP contribution is -2.50. The highest BCUT2D eigenvalue weighted by molar-refractivity contribution is 6.06. The fourth-order valence-electron chi connectivity index (χ4n) is 5.63. The van der Waals surface area contributed by atoms with Crippen LogP contribution in [0.15, 0.2) is 42.5 Å². The molecule has 2 fully saturated rings. The van der Waals surface area contributed by atoms with Gasteiger partial charge in [-0.25, -0.2) is 18.9 Å². The predicted molar refractivity (Wildman–Crippen MR) is 128 cm³/mol. The third-order valence-corrected chi connectivity index (χ3v) is 7.44. The number of likely N-dealkylation sites (tertiary alicyclic amines) is 1. The molecule has 9 nitrogen and oxygen atoms in total. The molecule has 0 radical (unpaired) electrons. The number of anilines is 1. The van der Waals surface area contributed by atoms with E-state index in [1.807, 2.05) is 0 Å². The lowest BCUT2D eigenvalue weighted by Gasteiger charge is -2.32. The highest BCUT2D eigenvalue weighted by Gasteiger charge is 2.59. The van der Waals surface area contributed by atoms with Gasteiger partial charge in [-0.2, -0.15) is 13.2 Å². The molecule has 5 rings (SSSR count). The van der Waals surface area contributed by atoms with E-state index in [4.69, 9.17) is 4.74 Å². The minimum atomic E-state index is -4.74. The fraction of sp³-hybridized carbons (Fsp3) is 0.385. The average Bonchev–Trinajstić information content (AvgIpc) is 3.56. The summed E-state index contributed by atoms with van der Waals surface area (Å²) in [5.74, 6) is -2.49. The molecule has 5 amide bonds. The Morgan fingerprint density at radius 2 is 1.82 bits per heavy atom. The summed E-state index contributed by atoms with van der Waals surface area (Å²) in [5.41, 5.74) is 0.0912. The Hall–Kier alpha value is -4.16. The van der Waals surface area contributed by atoms with E-state index in [1.54, 1.807) is 6.07 Å². The molecule has 0 aromatic heterocycles. The Labute approximate surface area is 220 Å². The van der Waals surface area contributed by atoms with Crippen molar-refractivity contribution in [3.8, 4) is 0 Å². The van der Waals surface area contributed by atoms with Crippen LogP contribution >= 0.6 is 0 Å². The van der Waals surface area contributed by atoms with Crippen molar-refractivity contribution >= 4 is 29.6 Å². The van der Waals surface area contributed by atoms with Gasteiger partial charge in [0.05, 0.1) is 6.04 Å². The number of ether oxygens (including phenoxy) is 1. The zero-order valence-electron chi connectivity index (χ0n) is 20.7. The van der Waals surface area contributed by atoms with E-state index in [9.17, 15) is 36.7 Å². The standard InChI is InChI=1S/C26H24F4N4O5/c1-31-23(37)32-17-6-7-18-15(12-17)10-11-25(18)22(36)33(24(38)39-25)13-21(35)34-19(8-9-20(34)26(28,29)30)14-2-4-16(27)5-3-14/h2-7,12,19-20H,8-11,13H2,1H3,(H2,31,32,37)/t19-,20+,25-/m1/s1. The molecule has 3 aliphatic rings. The van der Waals surface area contributed by atoms with Crippen molar-refractivity contribution in [2.45, 2.75) is 49.5 Å². The second-order valence-corrected chi connectivity index (χ2v) is 9.67. The minimum Gasteiger partial charge on any atom is -0.427 e. The largest absolute Gasteiger partial charge is 0.427 e. The number of halogens is 4. The van der Waals surface area contributed by atoms with E-state index in [1.165, 1.54) is 31.3 Å². The number of carbonyl (C=O) groups is 4. The van der Waals surface area contributed by atoms with Gasteiger partial charge in [0.1, 0.15) is 18.4 Å². The normalized spacial score (nSPS) is 24.2. The number of fused-ring (bicyclic) bond motifs is 2. The second kappa shape index (κ2) is 9.54. The lowest BCUT2D eigenvalue weighted by atomic mass is 9.94. The van der Waals surface area contributed by atoms with Crippen LogP contribution in [0.2, 0.25) is 0 Å². The Bertz CT molecular complexity index is 1350. The maximum absolute atomic E-state index is 13.9. The molecule has 0 saturated carbocycles. The van der Waals surface area contributed by atoms with Gasteiger partial charge in [0.25, 0.3) is 5.91 Å². The first-order valence-corrected chi connectivity index (χ1v) is 12.2. The molecule has 2 saturated heterocycles. The Kier molecular flexibility index (Phi) is 6.47. The molecular weight excluding hydrogens is 524 g/mol. The number of urea groups is 1. The van der Waals surface area contributed by atoms with Crippen molar-refractivity contribution in [1.29, 1.82) is 0 Å². The number of imide groups is 1. The number of amides is 5. The van der Waals surface area contributed by atoms with Crippen molar-refractivity contribution in [2.75, 3.05) is 18.9 Å². The van der Waals surface area contributed by atoms with Gasteiger partial charge in [-0.1, -0.05) is 18.2 Å². The number of alkyl halides is 3. The Morgan fingerprint density at radius 1 is 1.10 bits per heavy atom. The first-order valence-electron chi connectivity index (χ1n) is 12.2. The monoisotopic (exact) mass is 548 g/mol. The van der Waals surface area contributed by atoms with E-state index < -0.39 is 60.2 Å². The lowest BCUT2D eigenvalue weighted by molar-refractivity contribution is -0.186. The second-order valence-electron chi connectivity index (χ2n) is 9.67. The molecule has 2 aromatic rings. The molecule has 13 heteroatoms. The predicted octanol–water partition coefficient (Wildman–Crippen LogP) is 3.99. The summed E-state index contributed by atoms with van der Waals surface area (Å²) in [5, 5.41) is 5.02. The molecule has 1 spiro atoms. The van der Waals surface area contributed by atoms with E-state index >= 15 is 0 Å². The van der Waals surface area contributed by atoms with Crippen LogP contribution in [0.4, 0.5) is 32.8 Å². The van der Waals surface area contributed by atoms with Crippen LogP contribution in [-0.4, -0.2) is 59.5 Å². The van der Waals surface area contributed by atoms with Gasteiger partial charge >= 0.3 is 18.3 Å². The summed E-state index contributed by atoms with van der Waals surface area (Å²) in [7, 11) is 1.45.